The molecule has 4 heterocycles. The number of carbonyl (C=O) groups excluding carboxylic acids is 1. The Morgan fingerprint density at radius 2 is 2.05 bits per heavy atom. The van der Waals surface area contributed by atoms with Crippen LogP contribution in [0.1, 0.15) is 24.0 Å². The number of likely N-dealkylation sites (tertiary alicyclic amines) is 1. The van der Waals surface area contributed by atoms with Gasteiger partial charge in [0.2, 0.25) is 11.8 Å². The third kappa shape index (κ3) is 5.10. The Morgan fingerprint density at radius 3 is 2.76 bits per heavy atom. The zero-order valence-electron chi connectivity index (χ0n) is 23.7. The number of hydrogen-bond donors (Lipinski definition) is 1. The molecule has 0 bridgehead atoms. The summed E-state index contributed by atoms with van der Waals surface area (Å²) < 4.78 is 12.9. The number of halogens is 1. The zero-order valence-corrected chi connectivity index (χ0v) is 24.4. The monoisotopic (exact) mass is 585 g/mol. The topological polar surface area (TPSA) is 111 Å². The van der Waals surface area contributed by atoms with Gasteiger partial charge in [0, 0.05) is 48.7 Å². The van der Waals surface area contributed by atoms with Crippen LogP contribution in [0, 0.1) is 18.3 Å². The van der Waals surface area contributed by atoms with E-state index in [-0.39, 0.29) is 17.8 Å². The fourth-order valence-electron chi connectivity index (χ4n) is 5.87. The van der Waals surface area contributed by atoms with E-state index in [0.29, 0.717) is 71.5 Å². The average molecular weight is 586 g/mol. The lowest BCUT2D eigenvalue weighted by atomic mass is 10.1. The van der Waals surface area contributed by atoms with Gasteiger partial charge in [0.05, 0.1) is 22.8 Å². The number of aromatic nitrogens is 3. The lowest BCUT2D eigenvalue weighted by molar-refractivity contribution is -0.126. The summed E-state index contributed by atoms with van der Waals surface area (Å²) in [5.74, 6) is 1.24. The normalized spacial score (nSPS) is 17.5. The van der Waals surface area contributed by atoms with Gasteiger partial charge in [-0.25, -0.2) is 4.98 Å². The molecular weight excluding hydrogens is 554 g/mol. The van der Waals surface area contributed by atoms with Crippen molar-refractivity contribution in [3.63, 3.8) is 0 Å². The van der Waals surface area contributed by atoms with E-state index in [1.807, 2.05) is 25.1 Å². The summed E-state index contributed by atoms with van der Waals surface area (Å²) in [4.78, 5) is 23.3. The maximum atomic E-state index is 12.3. The first-order valence-electron chi connectivity index (χ1n) is 14.0. The van der Waals surface area contributed by atoms with Crippen LogP contribution < -0.4 is 14.4 Å². The van der Waals surface area contributed by atoms with E-state index >= 15 is 0 Å². The second-order valence-electron chi connectivity index (χ2n) is 10.8. The highest BCUT2D eigenvalue weighted by Gasteiger charge is 2.29. The molecule has 216 valence electrons. The highest BCUT2D eigenvalue weighted by atomic mass is 35.5. The number of H-pyrrole nitrogens is 1. The molecule has 2 aliphatic rings. The largest absolute Gasteiger partial charge is 0.475 e. The number of rotatable bonds is 7. The van der Waals surface area contributed by atoms with Gasteiger partial charge >= 0.3 is 0 Å². The minimum absolute atomic E-state index is 0.109. The van der Waals surface area contributed by atoms with Gasteiger partial charge in [-0.2, -0.15) is 10.4 Å². The van der Waals surface area contributed by atoms with Gasteiger partial charge in [-0.05, 0) is 57.1 Å². The standard InChI is InChI=1S/C31H32ClN7O3/c1-4-27(40)38-10-12-39(13-11-38)29-22-14-20(32)15-26(42-30-19(2)7-8-25-24(30)17-34-36-25)28(22)35-31(23(29)16-33)41-18-21-6-5-9-37(21)3/h4,7-8,14-15,17,21H,1,5-6,9-13,18H2,2-3H3,(H,34,36). The minimum Gasteiger partial charge on any atom is -0.475 e. The quantitative estimate of drug-likeness (QED) is 0.300. The van der Waals surface area contributed by atoms with E-state index < -0.39 is 0 Å². The molecule has 0 spiro atoms. The van der Waals surface area contributed by atoms with Crippen molar-refractivity contribution in [2.45, 2.75) is 25.8 Å². The summed E-state index contributed by atoms with van der Waals surface area (Å²) in [5.41, 5.74) is 3.32. The van der Waals surface area contributed by atoms with E-state index in [9.17, 15) is 10.1 Å². The number of hydrogen-bond acceptors (Lipinski definition) is 8. The Hall–Kier alpha value is -4.33. The fraction of sp³-hybridized carbons (Fsp3) is 0.355. The number of piperazine rings is 1. The minimum atomic E-state index is -0.109. The van der Waals surface area contributed by atoms with Crippen molar-refractivity contribution in [2.75, 3.05) is 51.3 Å². The van der Waals surface area contributed by atoms with Crippen molar-refractivity contribution in [1.29, 1.82) is 5.26 Å². The second-order valence-corrected chi connectivity index (χ2v) is 11.2. The number of fused-ring (bicyclic) bond motifs is 2. The third-order valence-electron chi connectivity index (χ3n) is 8.22. The Balaban J connectivity index is 1.49. The molecule has 6 rings (SSSR count). The predicted molar refractivity (Wildman–Crippen MR) is 163 cm³/mol. The number of pyridine rings is 1. The van der Waals surface area contributed by atoms with Gasteiger partial charge in [0.25, 0.3) is 0 Å². The molecule has 10 nitrogen and oxygen atoms in total. The third-order valence-corrected chi connectivity index (χ3v) is 8.44. The molecule has 11 heteroatoms. The summed E-state index contributed by atoms with van der Waals surface area (Å²) in [6, 6.07) is 10.1. The summed E-state index contributed by atoms with van der Waals surface area (Å²) in [7, 11) is 2.09. The molecule has 2 aromatic carbocycles. The Labute approximate surface area is 249 Å². The molecule has 4 aromatic rings. The van der Waals surface area contributed by atoms with Crippen LogP contribution in [0.25, 0.3) is 21.8 Å². The summed E-state index contributed by atoms with van der Waals surface area (Å²) >= 11 is 6.69. The highest BCUT2D eigenvalue weighted by Crippen LogP contribution is 2.43. The molecule has 42 heavy (non-hydrogen) atoms. The number of aromatic amines is 1. The molecule has 1 amide bonds. The molecule has 2 fully saturated rings. The van der Waals surface area contributed by atoms with Crippen LogP contribution in [0.15, 0.2) is 43.1 Å². The number of ether oxygens (including phenoxy) is 2. The Kier molecular flexibility index (Phi) is 7.62. The van der Waals surface area contributed by atoms with Crippen LogP contribution in [0.3, 0.4) is 0 Å². The van der Waals surface area contributed by atoms with Gasteiger partial charge in [-0.1, -0.05) is 24.2 Å². The number of nitrogens with one attached hydrogen (secondary N) is 1. The maximum Gasteiger partial charge on any atom is 0.246 e. The van der Waals surface area contributed by atoms with Crippen molar-refractivity contribution in [3.8, 4) is 23.4 Å². The number of nitriles is 1. The van der Waals surface area contributed by atoms with E-state index in [2.05, 4.69) is 39.7 Å². The number of nitrogens with zero attached hydrogens (tertiary/aromatic N) is 6. The number of aryl methyl sites for hydroxylation is 1. The van der Waals surface area contributed by atoms with Crippen molar-refractivity contribution in [2.24, 2.45) is 0 Å². The van der Waals surface area contributed by atoms with Crippen LogP contribution in [-0.2, 0) is 4.79 Å². The SMILES string of the molecule is C=CC(=O)N1CCN(c2c(C#N)c(OCC3CCCN3C)nc3c(Oc4c(C)ccc5[nH]ncc45)cc(Cl)cc23)CC1. The lowest BCUT2D eigenvalue weighted by Crippen LogP contribution is -2.48. The molecule has 1 N–H and O–H groups in total. The smallest absolute Gasteiger partial charge is 0.246 e. The van der Waals surface area contributed by atoms with E-state index in [4.69, 9.17) is 26.1 Å². The fourth-order valence-corrected chi connectivity index (χ4v) is 6.07. The van der Waals surface area contributed by atoms with Gasteiger partial charge in [-0.3, -0.25) is 9.89 Å². The molecule has 0 saturated carbocycles. The van der Waals surface area contributed by atoms with Crippen LogP contribution in [0.4, 0.5) is 5.69 Å². The number of carbonyl (C=O) groups is 1. The van der Waals surface area contributed by atoms with Crippen LogP contribution >= 0.6 is 11.6 Å². The second kappa shape index (κ2) is 11.5. The molecule has 0 radical (unpaired) electrons. The maximum absolute atomic E-state index is 12.3. The molecule has 0 aliphatic carbocycles. The first-order chi connectivity index (χ1) is 20.4. The average Bonchev–Trinajstić information content (AvgIpc) is 3.65. The van der Waals surface area contributed by atoms with E-state index in [0.717, 1.165) is 35.9 Å². The molecular formula is C31H32ClN7O3. The first kappa shape index (κ1) is 27.8. The van der Waals surface area contributed by atoms with E-state index in [1.165, 1.54) is 6.08 Å². The van der Waals surface area contributed by atoms with Gasteiger partial charge in [0.1, 0.15) is 29.5 Å². The number of amides is 1. The molecule has 1 unspecified atom stereocenters. The van der Waals surface area contributed by atoms with Crippen molar-refractivity contribution in [1.82, 2.24) is 25.0 Å². The lowest BCUT2D eigenvalue weighted by Gasteiger charge is -2.36. The molecule has 2 aliphatic heterocycles. The van der Waals surface area contributed by atoms with E-state index in [1.54, 1.807) is 17.2 Å². The Morgan fingerprint density at radius 1 is 1.24 bits per heavy atom. The van der Waals surface area contributed by atoms with Crippen LogP contribution in [-0.4, -0.2) is 83.3 Å². The van der Waals surface area contributed by atoms with Crippen molar-refractivity contribution < 1.29 is 14.3 Å². The van der Waals surface area contributed by atoms with Gasteiger partial charge in [-0.15, -0.1) is 0 Å². The molecule has 2 saturated heterocycles. The van der Waals surface area contributed by atoms with Gasteiger partial charge < -0.3 is 24.2 Å². The number of anilines is 1. The van der Waals surface area contributed by atoms with Crippen LogP contribution in [0.5, 0.6) is 17.4 Å². The summed E-state index contributed by atoms with van der Waals surface area (Å²) in [6.45, 7) is 9.05. The first-order valence-corrected chi connectivity index (χ1v) is 14.4. The number of benzene rings is 2. The van der Waals surface area contributed by atoms with Crippen LogP contribution in [0.2, 0.25) is 5.02 Å². The molecule has 1 atom stereocenters. The predicted octanol–water partition coefficient (Wildman–Crippen LogP) is 5.04. The Bertz CT molecular complexity index is 1720. The highest BCUT2D eigenvalue weighted by molar-refractivity contribution is 6.32. The number of likely N-dealkylation sites (N-methyl/N-ethyl adjacent to an activating group) is 1. The summed E-state index contributed by atoms with van der Waals surface area (Å²) in [5, 5.41) is 19.6. The zero-order chi connectivity index (χ0) is 29.4. The summed E-state index contributed by atoms with van der Waals surface area (Å²) in [6.07, 6.45) is 5.19. The van der Waals surface area contributed by atoms with Crippen molar-refractivity contribution in [3.05, 3.63) is 59.3 Å². The molecule has 2 aromatic heterocycles. The van der Waals surface area contributed by atoms with Gasteiger partial charge in [0.15, 0.2) is 5.75 Å². The van der Waals surface area contributed by atoms with Crippen molar-refractivity contribution >= 4 is 45.0 Å².